The van der Waals surface area contributed by atoms with Gasteiger partial charge in [0.05, 0.1) is 0 Å². The number of hydrogen-bond acceptors (Lipinski definition) is 3. The number of aromatic amines is 1. The molecule has 0 amide bonds. The fourth-order valence-electron chi connectivity index (χ4n) is 1.70. The summed E-state index contributed by atoms with van der Waals surface area (Å²) >= 11 is 1.40. The van der Waals surface area contributed by atoms with Crippen LogP contribution in [0, 0.1) is 12.7 Å². The number of rotatable bonds is 3. The van der Waals surface area contributed by atoms with Gasteiger partial charge in [-0.25, -0.2) is 9.37 Å². The van der Waals surface area contributed by atoms with Crippen molar-refractivity contribution in [3.63, 3.8) is 0 Å². The van der Waals surface area contributed by atoms with Crippen LogP contribution in [0.4, 0.5) is 4.39 Å². The minimum atomic E-state index is -0.278. The highest BCUT2D eigenvalue weighted by molar-refractivity contribution is 7.98. The van der Waals surface area contributed by atoms with Gasteiger partial charge in [-0.15, -0.1) is 0 Å². The Bertz CT molecular complexity index is 607. The van der Waals surface area contributed by atoms with Crippen LogP contribution in [0.15, 0.2) is 34.2 Å². The van der Waals surface area contributed by atoms with Crippen molar-refractivity contribution < 1.29 is 4.39 Å². The number of benzene rings is 1. The second-order valence-corrected chi connectivity index (χ2v) is 4.74. The van der Waals surface area contributed by atoms with Crippen LogP contribution in [-0.4, -0.2) is 16.2 Å². The summed E-state index contributed by atoms with van der Waals surface area (Å²) in [6.07, 6.45) is 2.32. The highest BCUT2D eigenvalue weighted by Crippen LogP contribution is 2.12. The van der Waals surface area contributed by atoms with Crippen molar-refractivity contribution in [2.45, 2.75) is 18.5 Å². The Hall–Kier alpha value is -1.62. The first-order chi connectivity index (χ1) is 8.60. The zero-order valence-electron chi connectivity index (χ0n) is 10.2. The maximum Gasteiger partial charge on any atom is 0.255 e. The van der Waals surface area contributed by atoms with E-state index in [0.717, 1.165) is 5.56 Å². The standard InChI is InChI=1S/C13H13FN2OS/c1-8-11(12(17)16-13(15-8)18-2)7-9-3-5-10(14)6-4-9/h3-6H,7H2,1-2H3,(H,15,16,17). The minimum Gasteiger partial charge on any atom is -0.301 e. The molecule has 94 valence electrons. The predicted molar refractivity (Wildman–Crippen MR) is 70.6 cm³/mol. The summed E-state index contributed by atoms with van der Waals surface area (Å²) in [5.41, 5.74) is 2.10. The number of aromatic nitrogens is 2. The summed E-state index contributed by atoms with van der Waals surface area (Å²) in [6, 6.07) is 6.14. The van der Waals surface area contributed by atoms with Gasteiger partial charge in [0.25, 0.3) is 5.56 Å². The van der Waals surface area contributed by atoms with E-state index >= 15 is 0 Å². The molecular formula is C13H13FN2OS. The summed E-state index contributed by atoms with van der Waals surface area (Å²) in [5, 5.41) is 0.611. The summed E-state index contributed by atoms with van der Waals surface area (Å²) in [7, 11) is 0. The van der Waals surface area contributed by atoms with Crippen LogP contribution in [0.1, 0.15) is 16.8 Å². The summed E-state index contributed by atoms with van der Waals surface area (Å²) in [4.78, 5) is 18.9. The second kappa shape index (κ2) is 5.35. The molecule has 1 heterocycles. The number of thioether (sulfide) groups is 1. The van der Waals surface area contributed by atoms with Gasteiger partial charge in [0, 0.05) is 17.7 Å². The van der Waals surface area contributed by atoms with Crippen molar-refractivity contribution in [2.75, 3.05) is 6.26 Å². The quantitative estimate of drug-likeness (QED) is 0.684. The van der Waals surface area contributed by atoms with Gasteiger partial charge in [-0.2, -0.15) is 0 Å². The molecule has 5 heteroatoms. The van der Waals surface area contributed by atoms with Gasteiger partial charge in [-0.3, -0.25) is 4.79 Å². The van der Waals surface area contributed by atoms with Crippen LogP contribution in [-0.2, 0) is 6.42 Å². The molecule has 0 aliphatic heterocycles. The van der Waals surface area contributed by atoms with Gasteiger partial charge in [-0.1, -0.05) is 23.9 Å². The first kappa shape index (κ1) is 12.8. The van der Waals surface area contributed by atoms with Gasteiger partial charge < -0.3 is 4.98 Å². The molecule has 1 aromatic heterocycles. The molecule has 0 radical (unpaired) electrons. The van der Waals surface area contributed by atoms with Crippen molar-refractivity contribution in [3.05, 3.63) is 57.3 Å². The summed E-state index contributed by atoms with van der Waals surface area (Å²) in [6.45, 7) is 1.81. The number of hydrogen-bond donors (Lipinski definition) is 1. The van der Waals surface area contributed by atoms with E-state index in [4.69, 9.17) is 0 Å². The lowest BCUT2D eigenvalue weighted by atomic mass is 10.1. The first-order valence-electron chi connectivity index (χ1n) is 5.48. The summed E-state index contributed by atoms with van der Waals surface area (Å²) in [5.74, 6) is -0.278. The Morgan fingerprint density at radius 3 is 2.56 bits per heavy atom. The van der Waals surface area contributed by atoms with Gasteiger partial charge in [-0.05, 0) is 30.9 Å². The molecule has 18 heavy (non-hydrogen) atoms. The maximum atomic E-state index is 12.8. The molecule has 0 bridgehead atoms. The van der Waals surface area contributed by atoms with E-state index in [1.165, 1.54) is 23.9 Å². The maximum absolute atomic E-state index is 12.8. The van der Waals surface area contributed by atoms with E-state index in [9.17, 15) is 9.18 Å². The number of aryl methyl sites for hydroxylation is 1. The molecule has 2 rings (SSSR count). The zero-order valence-corrected chi connectivity index (χ0v) is 11.0. The van der Waals surface area contributed by atoms with E-state index in [2.05, 4.69) is 9.97 Å². The number of H-pyrrole nitrogens is 1. The average Bonchev–Trinajstić information content (AvgIpc) is 2.35. The lowest BCUT2D eigenvalue weighted by Crippen LogP contribution is -2.17. The van der Waals surface area contributed by atoms with Gasteiger partial charge in [0.2, 0.25) is 0 Å². The molecular weight excluding hydrogens is 251 g/mol. The molecule has 0 fully saturated rings. The zero-order chi connectivity index (χ0) is 13.1. The smallest absolute Gasteiger partial charge is 0.255 e. The van der Waals surface area contributed by atoms with Crippen molar-refractivity contribution >= 4 is 11.8 Å². The predicted octanol–water partition coefficient (Wildman–Crippen LogP) is 2.53. The molecule has 2 aromatic rings. The molecule has 3 nitrogen and oxygen atoms in total. The molecule has 1 N–H and O–H groups in total. The van der Waals surface area contributed by atoms with Crippen molar-refractivity contribution in [1.29, 1.82) is 0 Å². The largest absolute Gasteiger partial charge is 0.301 e. The van der Waals surface area contributed by atoms with E-state index in [-0.39, 0.29) is 11.4 Å². The van der Waals surface area contributed by atoms with Crippen molar-refractivity contribution in [2.24, 2.45) is 0 Å². The molecule has 1 aromatic carbocycles. The Kier molecular flexibility index (Phi) is 3.81. The number of halogens is 1. The Balaban J connectivity index is 2.35. The normalized spacial score (nSPS) is 10.6. The van der Waals surface area contributed by atoms with Crippen LogP contribution < -0.4 is 5.56 Å². The Morgan fingerprint density at radius 2 is 2.00 bits per heavy atom. The van der Waals surface area contributed by atoms with Crippen molar-refractivity contribution in [3.8, 4) is 0 Å². The third-order valence-corrected chi connectivity index (χ3v) is 3.27. The highest BCUT2D eigenvalue weighted by Gasteiger charge is 2.08. The van der Waals surface area contributed by atoms with Gasteiger partial charge >= 0.3 is 0 Å². The fourth-order valence-corrected chi connectivity index (χ4v) is 2.12. The van der Waals surface area contributed by atoms with Crippen LogP contribution in [0.2, 0.25) is 0 Å². The number of nitrogens with zero attached hydrogens (tertiary/aromatic N) is 1. The van der Waals surface area contributed by atoms with E-state index in [1.54, 1.807) is 12.1 Å². The lowest BCUT2D eigenvalue weighted by molar-refractivity contribution is 0.627. The van der Waals surface area contributed by atoms with E-state index < -0.39 is 0 Å². The molecule has 0 unspecified atom stereocenters. The Labute approximate surface area is 108 Å². The molecule has 0 saturated heterocycles. The lowest BCUT2D eigenvalue weighted by Gasteiger charge is -2.06. The molecule has 0 saturated carbocycles. The Morgan fingerprint density at radius 1 is 1.33 bits per heavy atom. The van der Waals surface area contributed by atoms with Gasteiger partial charge in [0.15, 0.2) is 5.16 Å². The van der Waals surface area contributed by atoms with E-state index in [1.807, 2.05) is 13.2 Å². The average molecular weight is 264 g/mol. The SMILES string of the molecule is CSc1nc(C)c(Cc2ccc(F)cc2)c(=O)[nH]1. The minimum absolute atomic E-state index is 0.129. The van der Waals surface area contributed by atoms with Gasteiger partial charge in [0.1, 0.15) is 5.82 Å². The monoisotopic (exact) mass is 264 g/mol. The molecule has 0 spiro atoms. The highest BCUT2D eigenvalue weighted by atomic mass is 32.2. The van der Waals surface area contributed by atoms with Crippen LogP contribution in [0.3, 0.4) is 0 Å². The molecule has 0 atom stereocenters. The van der Waals surface area contributed by atoms with Crippen LogP contribution in [0.25, 0.3) is 0 Å². The summed E-state index contributed by atoms with van der Waals surface area (Å²) < 4.78 is 12.8. The topological polar surface area (TPSA) is 45.8 Å². The third kappa shape index (κ3) is 2.79. The number of nitrogens with one attached hydrogen (secondary N) is 1. The van der Waals surface area contributed by atoms with Crippen LogP contribution in [0.5, 0.6) is 0 Å². The van der Waals surface area contributed by atoms with Crippen molar-refractivity contribution in [1.82, 2.24) is 9.97 Å². The molecule has 0 aliphatic rings. The molecule has 0 aliphatic carbocycles. The van der Waals surface area contributed by atoms with Crippen LogP contribution >= 0.6 is 11.8 Å². The first-order valence-corrected chi connectivity index (χ1v) is 6.71. The second-order valence-electron chi connectivity index (χ2n) is 3.94. The fraction of sp³-hybridized carbons (Fsp3) is 0.231. The van der Waals surface area contributed by atoms with E-state index in [0.29, 0.717) is 22.8 Å². The third-order valence-electron chi connectivity index (χ3n) is 2.69.